The number of carbonyl (C=O) groups is 2. The first-order valence-corrected chi connectivity index (χ1v) is 13.1. The average Bonchev–Trinajstić information content (AvgIpc) is 2.95. The van der Waals surface area contributed by atoms with Gasteiger partial charge in [0, 0.05) is 57.2 Å². The Bertz CT molecular complexity index is 1390. The van der Waals surface area contributed by atoms with Crippen molar-refractivity contribution in [2.24, 2.45) is 0 Å². The molecule has 210 valence electrons. The van der Waals surface area contributed by atoms with Gasteiger partial charge in [0.25, 0.3) is 5.91 Å². The van der Waals surface area contributed by atoms with Crippen LogP contribution in [-0.4, -0.2) is 84.0 Å². The first-order chi connectivity index (χ1) is 19.2. The summed E-state index contributed by atoms with van der Waals surface area (Å²) in [6.07, 6.45) is 1.32. The summed E-state index contributed by atoms with van der Waals surface area (Å²) in [5.41, 5.74) is 3.06. The number of benzene rings is 2. The third-order valence-corrected chi connectivity index (χ3v) is 6.74. The van der Waals surface area contributed by atoms with Crippen LogP contribution < -0.4 is 20.9 Å². The van der Waals surface area contributed by atoms with Gasteiger partial charge in [-0.2, -0.15) is 4.98 Å². The smallest absolute Gasteiger partial charge is 0.255 e. The lowest BCUT2D eigenvalue weighted by atomic mass is 10.1. The van der Waals surface area contributed by atoms with Crippen molar-refractivity contribution in [3.63, 3.8) is 0 Å². The molecule has 1 fully saturated rings. The van der Waals surface area contributed by atoms with E-state index in [4.69, 9.17) is 11.6 Å². The Kier molecular flexibility index (Phi) is 9.20. The molecular weight excluding hydrogens is 532 g/mol. The minimum Gasteiger partial charge on any atom is -0.378 e. The van der Waals surface area contributed by atoms with Crippen molar-refractivity contribution in [3.05, 3.63) is 71.9 Å². The zero-order valence-electron chi connectivity index (χ0n) is 22.7. The minimum absolute atomic E-state index is 0.248. The summed E-state index contributed by atoms with van der Waals surface area (Å²) in [5, 5.41) is 20.0. The predicted molar refractivity (Wildman–Crippen MR) is 159 cm³/mol. The monoisotopic (exact) mass is 564 g/mol. The molecule has 1 aromatic heterocycles. The Morgan fingerprint density at radius 2 is 1.82 bits per heavy atom. The van der Waals surface area contributed by atoms with E-state index in [0.29, 0.717) is 22.6 Å². The van der Waals surface area contributed by atoms with Crippen LogP contribution in [0.25, 0.3) is 0 Å². The molecule has 2 aromatic carbocycles. The quantitative estimate of drug-likeness (QED) is 0.288. The van der Waals surface area contributed by atoms with Crippen LogP contribution in [0.15, 0.2) is 61.3 Å². The highest BCUT2D eigenvalue weighted by molar-refractivity contribution is 6.33. The van der Waals surface area contributed by atoms with Crippen molar-refractivity contribution < 1.29 is 14.7 Å². The molecule has 1 aliphatic rings. The largest absolute Gasteiger partial charge is 0.378 e. The maximum atomic E-state index is 12.4. The molecular formula is C28H33ClN8O3. The number of hydrogen-bond acceptors (Lipinski definition) is 9. The number of para-hydroxylation sites is 1. The van der Waals surface area contributed by atoms with Crippen LogP contribution in [0.4, 0.5) is 34.5 Å². The second kappa shape index (κ2) is 12.8. The van der Waals surface area contributed by atoms with Gasteiger partial charge in [0.05, 0.1) is 17.6 Å². The molecule has 0 radical (unpaired) electrons. The Hall–Kier alpha value is -4.19. The molecule has 1 atom stereocenters. The number of halogens is 1. The average molecular weight is 565 g/mol. The number of nitrogens with one attached hydrogen (secondary N) is 3. The van der Waals surface area contributed by atoms with E-state index in [0.717, 1.165) is 31.9 Å². The van der Waals surface area contributed by atoms with Crippen LogP contribution in [0, 0.1) is 0 Å². The molecule has 3 aromatic rings. The lowest BCUT2D eigenvalue weighted by Crippen LogP contribution is -2.44. The number of likely N-dealkylation sites (N-methyl/N-ethyl adjacent to an activating group) is 2. The first kappa shape index (κ1) is 28.8. The molecule has 12 heteroatoms. The van der Waals surface area contributed by atoms with Crippen molar-refractivity contribution in [1.82, 2.24) is 19.8 Å². The van der Waals surface area contributed by atoms with Gasteiger partial charge in [-0.1, -0.05) is 36.4 Å². The standard InChI is InChI=1S/C28H33ClN8O3/c1-5-24(38)32-22-16-18(10-11-23(22)37-14-12-36(4)13-15-37)31-28-30-17-20(29)26(34-28)33-21-9-7-6-8-19(21)25(39)27(40)35(2)3/h5-11,16-17,25,39H,1,12-15H2,2-4H3,(H,32,38)(H2,30,31,33,34). The highest BCUT2D eigenvalue weighted by Crippen LogP contribution is 2.33. The molecule has 1 aliphatic heterocycles. The zero-order valence-corrected chi connectivity index (χ0v) is 23.4. The second-order valence-electron chi connectivity index (χ2n) is 9.58. The van der Waals surface area contributed by atoms with Gasteiger partial charge in [0.2, 0.25) is 11.9 Å². The Morgan fingerprint density at radius 1 is 1.10 bits per heavy atom. The number of aliphatic hydroxyl groups excluding tert-OH is 1. The third-order valence-electron chi connectivity index (χ3n) is 6.47. The topological polar surface area (TPSA) is 126 Å². The number of piperazine rings is 1. The summed E-state index contributed by atoms with van der Waals surface area (Å²) < 4.78 is 0. The highest BCUT2D eigenvalue weighted by Gasteiger charge is 2.23. The van der Waals surface area contributed by atoms with E-state index in [1.54, 1.807) is 38.4 Å². The van der Waals surface area contributed by atoms with E-state index >= 15 is 0 Å². The number of nitrogens with zero attached hydrogens (tertiary/aromatic N) is 5. The fourth-order valence-electron chi connectivity index (χ4n) is 4.22. The molecule has 11 nitrogen and oxygen atoms in total. The Labute approximate surface area is 238 Å². The summed E-state index contributed by atoms with van der Waals surface area (Å²) in [6.45, 7) is 7.09. The van der Waals surface area contributed by atoms with E-state index in [-0.39, 0.29) is 22.7 Å². The van der Waals surface area contributed by atoms with Crippen molar-refractivity contribution >= 4 is 57.9 Å². The molecule has 40 heavy (non-hydrogen) atoms. The number of aromatic nitrogens is 2. The van der Waals surface area contributed by atoms with Crippen LogP contribution in [-0.2, 0) is 9.59 Å². The van der Waals surface area contributed by atoms with Crippen molar-refractivity contribution in [2.75, 3.05) is 68.2 Å². The number of amides is 2. The first-order valence-electron chi connectivity index (χ1n) is 12.7. The van der Waals surface area contributed by atoms with E-state index in [2.05, 4.69) is 49.3 Å². The minimum atomic E-state index is -1.36. The number of carbonyl (C=O) groups excluding carboxylic acids is 2. The van der Waals surface area contributed by atoms with Crippen molar-refractivity contribution in [1.29, 1.82) is 0 Å². The summed E-state index contributed by atoms with van der Waals surface area (Å²) in [6, 6.07) is 12.5. The molecule has 0 saturated carbocycles. The fraction of sp³-hybridized carbons (Fsp3) is 0.286. The van der Waals surface area contributed by atoms with Gasteiger partial charge in [0.1, 0.15) is 5.02 Å². The van der Waals surface area contributed by atoms with Crippen LogP contribution in [0.2, 0.25) is 5.02 Å². The highest BCUT2D eigenvalue weighted by atomic mass is 35.5. The molecule has 4 rings (SSSR count). The Morgan fingerprint density at radius 3 is 2.52 bits per heavy atom. The normalized spacial score (nSPS) is 14.3. The van der Waals surface area contributed by atoms with Crippen molar-refractivity contribution in [2.45, 2.75) is 6.10 Å². The van der Waals surface area contributed by atoms with Crippen LogP contribution in [0.3, 0.4) is 0 Å². The molecule has 1 saturated heterocycles. The maximum absolute atomic E-state index is 12.4. The fourth-order valence-corrected chi connectivity index (χ4v) is 4.36. The number of rotatable bonds is 9. The third kappa shape index (κ3) is 6.87. The molecule has 0 spiro atoms. The molecule has 2 heterocycles. The molecule has 4 N–H and O–H groups in total. The summed E-state index contributed by atoms with van der Waals surface area (Å²) >= 11 is 6.39. The van der Waals surface area contributed by atoms with Gasteiger partial charge < -0.3 is 35.8 Å². The van der Waals surface area contributed by atoms with E-state index < -0.39 is 12.0 Å². The van der Waals surface area contributed by atoms with E-state index in [9.17, 15) is 14.7 Å². The summed E-state index contributed by atoms with van der Waals surface area (Å²) in [4.78, 5) is 39.2. The lowest BCUT2D eigenvalue weighted by molar-refractivity contribution is -0.137. The van der Waals surface area contributed by atoms with Crippen LogP contribution in [0.1, 0.15) is 11.7 Å². The summed E-state index contributed by atoms with van der Waals surface area (Å²) in [5.74, 6) is -0.229. The second-order valence-corrected chi connectivity index (χ2v) is 9.99. The molecule has 2 amide bonds. The number of anilines is 6. The Balaban J connectivity index is 1.59. The van der Waals surface area contributed by atoms with Gasteiger partial charge in [-0.25, -0.2) is 4.98 Å². The molecule has 0 bridgehead atoms. The van der Waals surface area contributed by atoms with Crippen LogP contribution >= 0.6 is 11.6 Å². The van der Waals surface area contributed by atoms with E-state index in [1.165, 1.54) is 17.2 Å². The van der Waals surface area contributed by atoms with Crippen molar-refractivity contribution in [3.8, 4) is 0 Å². The van der Waals surface area contributed by atoms with Gasteiger partial charge in [0.15, 0.2) is 11.9 Å². The lowest BCUT2D eigenvalue weighted by Gasteiger charge is -2.35. The zero-order chi connectivity index (χ0) is 28.8. The van der Waals surface area contributed by atoms with Gasteiger partial charge >= 0.3 is 0 Å². The molecule has 0 aliphatic carbocycles. The van der Waals surface area contributed by atoms with Crippen LogP contribution in [0.5, 0.6) is 0 Å². The van der Waals surface area contributed by atoms with E-state index in [1.807, 2.05) is 18.2 Å². The SMILES string of the molecule is C=CC(=O)Nc1cc(Nc2ncc(Cl)c(Nc3ccccc3C(O)C(=O)N(C)C)n2)ccc1N1CCN(C)CC1. The number of aliphatic hydroxyl groups is 1. The van der Waals surface area contributed by atoms with Gasteiger partial charge in [-0.15, -0.1) is 0 Å². The van der Waals surface area contributed by atoms with Gasteiger partial charge in [-0.05, 0) is 37.4 Å². The number of hydrogen-bond donors (Lipinski definition) is 4. The molecule has 1 unspecified atom stereocenters. The summed E-state index contributed by atoms with van der Waals surface area (Å²) in [7, 11) is 5.24. The predicted octanol–water partition coefficient (Wildman–Crippen LogP) is 3.62. The van der Waals surface area contributed by atoms with Gasteiger partial charge in [-0.3, -0.25) is 9.59 Å². The maximum Gasteiger partial charge on any atom is 0.255 e.